The number of carbonyl (C=O) groups is 1. The van der Waals surface area contributed by atoms with Crippen molar-refractivity contribution >= 4 is 34.1 Å². The summed E-state index contributed by atoms with van der Waals surface area (Å²) in [7, 11) is 2.88. The Kier molecular flexibility index (Phi) is 9.18. The van der Waals surface area contributed by atoms with Crippen LogP contribution < -0.4 is 14.8 Å². The second-order valence-electron chi connectivity index (χ2n) is 13.4. The lowest BCUT2D eigenvalue weighted by Gasteiger charge is -2.29. The number of nitrogens with zero attached hydrogens (tertiary/aromatic N) is 1. The Morgan fingerprint density at radius 3 is 2.53 bits per heavy atom. The fraction of sp³-hybridized carbons (Fsp3) is 0.268. The average molecular weight is 689 g/mol. The zero-order valence-corrected chi connectivity index (χ0v) is 28.3. The molecule has 7 rings (SSSR count). The number of Topliss-reactive ketones (excluding diaryl/α,β-unsaturated/α-hetero) is 1. The molecule has 10 heteroatoms. The van der Waals surface area contributed by atoms with E-state index in [0.717, 1.165) is 38.7 Å². The molecule has 6 N–H and O–H groups in total. The lowest BCUT2D eigenvalue weighted by Crippen LogP contribution is -2.32. The maximum absolute atomic E-state index is 14.6. The van der Waals surface area contributed by atoms with E-state index in [-0.39, 0.29) is 59.7 Å². The number of aromatic hydroxyl groups is 4. The van der Waals surface area contributed by atoms with Crippen molar-refractivity contribution < 1.29 is 39.8 Å². The molecule has 2 aliphatic rings. The van der Waals surface area contributed by atoms with Crippen LogP contribution in [0.15, 0.2) is 79.0 Å². The van der Waals surface area contributed by atoms with Gasteiger partial charge in [0.15, 0.2) is 23.0 Å². The van der Waals surface area contributed by atoms with Crippen molar-refractivity contribution in [2.24, 2.45) is 5.92 Å². The Morgan fingerprint density at radius 2 is 1.73 bits per heavy atom. The third-order valence-electron chi connectivity index (χ3n) is 10.2. The van der Waals surface area contributed by atoms with Crippen LogP contribution >= 0.6 is 0 Å². The Labute approximate surface area is 295 Å². The van der Waals surface area contributed by atoms with Crippen LogP contribution in [0.3, 0.4) is 0 Å². The molecule has 10 nitrogen and oxygen atoms in total. The number of aryl methyl sites for hydroxylation is 1. The van der Waals surface area contributed by atoms with Crippen LogP contribution in [0.5, 0.6) is 34.5 Å². The Balaban J connectivity index is 1.31. The van der Waals surface area contributed by atoms with Gasteiger partial charge in [-0.3, -0.25) is 4.79 Å². The van der Waals surface area contributed by atoms with Gasteiger partial charge in [0, 0.05) is 30.1 Å². The number of carbonyl (C=O) groups excluding carboxylic acids is 1. The highest BCUT2D eigenvalue weighted by molar-refractivity contribution is 6.00. The highest BCUT2D eigenvalue weighted by Crippen LogP contribution is 2.48. The topological polar surface area (TPSA) is 162 Å². The highest BCUT2D eigenvalue weighted by Gasteiger charge is 2.33. The van der Waals surface area contributed by atoms with Crippen LogP contribution in [-0.2, 0) is 17.6 Å². The maximum atomic E-state index is 14.6. The van der Waals surface area contributed by atoms with E-state index in [1.165, 1.54) is 20.3 Å². The van der Waals surface area contributed by atoms with Crippen LogP contribution in [-0.4, -0.2) is 56.6 Å². The normalized spacial score (nSPS) is 19.0. The molecule has 5 aromatic rings. The zero-order chi connectivity index (χ0) is 35.8. The van der Waals surface area contributed by atoms with Gasteiger partial charge in [-0.15, -0.1) is 0 Å². The molecule has 51 heavy (non-hydrogen) atoms. The van der Waals surface area contributed by atoms with Crippen LogP contribution in [0.4, 0.5) is 11.5 Å². The second kappa shape index (κ2) is 13.9. The molecule has 262 valence electrons. The number of rotatable bonds is 7. The van der Waals surface area contributed by atoms with Gasteiger partial charge < -0.3 is 40.3 Å². The van der Waals surface area contributed by atoms with Crippen LogP contribution in [0.25, 0.3) is 16.8 Å². The molecule has 1 aliphatic carbocycles. The van der Waals surface area contributed by atoms with Crippen LogP contribution in [0.1, 0.15) is 58.9 Å². The summed E-state index contributed by atoms with van der Waals surface area (Å²) < 4.78 is 10.7. The molecular weight excluding hydrogens is 648 g/mol. The molecule has 2 heterocycles. The quantitative estimate of drug-likeness (QED) is 0.0963. The van der Waals surface area contributed by atoms with E-state index in [1.54, 1.807) is 42.6 Å². The summed E-state index contributed by atoms with van der Waals surface area (Å²) in [6.07, 6.45) is 6.25. The van der Waals surface area contributed by atoms with Crippen molar-refractivity contribution in [1.82, 2.24) is 4.98 Å². The van der Waals surface area contributed by atoms with E-state index in [9.17, 15) is 30.3 Å². The SMILES string of the molecule is COc1cc(CCC(O)C2Cc3ccnc(c3)Nc3ccc4cc(O)cc5c4c3C(C=C5)CC(c3cc(O)c(O)c(OC)c3)CC2=O)ccc1O. The van der Waals surface area contributed by atoms with Gasteiger partial charge in [0.05, 0.1) is 20.3 Å². The van der Waals surface area contributed by atoms with Gasteiger partial charge in [-0.25, -0.2) is 4.98 Å². The van der Waals surface area contributed by atoms with Gasteiger partial charge in [0.1, 0.15) is 17.4 Å². The van der Waals surface area contributed by atoms with E-state index < -0.39 is 17.9 Å². The fourth-order valence-electron chi connectivity index (χ4n) is 7.61. The molecule has 0 amide bonds. The van der Waals surface area contributed by atoms with Crippen molar-refractivity contribution in [2.45, 2.75) is 50.0 Å². The minimum Gasteiger partial charge on any atom is -0.508 e. The molecular formula is C41H40N2O8. The molecule has 4 aromatic carbocycles. The number of hydrogen-bond donors (Lipinski definition) is 6. The molecule has 1 aliphatic heterocycles. The number of anilines is 2. The number of phenols is 4. The van der Waals surface area contributed by atoms with E-state index >= 15 is 0 Å². The van der Waals surface area contributed by atoms with Gasteiger partial charge in [0.2, 0.25) is 5.75 Å². The van der Waals surface area contributed by atoms with Gasteiger partial charge in [0.25, 0.3) is 0 Å². The first-order valence-electron chi connectivity index (χ1n) is 17.0. The fourth-order valence-corrected chi connectivity index (χ4v) is 7.61. The first-order chi connectivity index (χ1) is 24.6. The minimum absolute atomic E-state index is 0.0228. The number of nitrogens with one attached hydrogen (secondary N) is 1. The van der Waals surface area contributed by atoms with Crippen LogP contribution in [0, 0.1) is 5.92 Å². The summed E-state index contributed by atoms with van der Waals surface area (Å²) >= 11 is 0. The van der Waals surface area contributed by atoms with Crippen molar-refractivity contribution in [2.75, 3.05) is 19.5 Å². The van der Waals surface area contributed by atoms with Crippen molar-refractivity contribution in [3.05, 3.63) is 107 Å². The first-order valence-corrected chi connectivity index (χ1v) is 17.0. The average Bonchev–Trinajstić information content (AvgIpc) is 3.12. The minimum atomic E-state index is -0.999. The van der Waals surface area contributed by atoms with Gasteiger partial charge in [-0.05, 0) is 125 Å². The molecule has 0 fully saturated rings. The number of methoxy groups -OCH3 is 2. The van der Waals surface area contributed by atoms with Gasteiger partial charge in [-0.1, -0.05) is 24.3 Å². The summed E-state index contributed by atoms with van der Waals surface area (Å²) in [5.41, 5.74) is 4.99. The molecule has 0 saturated carbocycles. The summed E-state index contributed by atoms with van der Waals surface area (Å²) in [5, 5.41) is 58.8. The summed E-state index contributed by atoms with van der Waals surface area (Å²) in [6.45, 7) is 0. The monoisotopic (exact) mass is 688 g/mol. The lowest BCUT2D eigenvalue weighted by molar-refractivity contribution is -0.127. The predicted molar refractivity (Wildman–Crippen MR) is 194 cm³/mol. The number of benzene rings is 4. The summed E-state index contributed by atoms with van der Waals surface area (Å²) in [4.78, 5) is 19.2. The molecule has 4 atom stereocenters. The number of aliphatic hydroxyl groups excluding tert-OH is 1. The predicted octanol–water partition coefficient (Wildman–Crippen LogP) is 7.23. The molecule has 0 saturated heterocycles. The summed E-state index contributed by atoms with van der Waals surface area (Å²) in [6, 6.07) is 19.3. The standard InChI is InChI=1S/C41H40N2O8/c1-50-36-14-22(4-10-33(36)46)3-9-32(45)30-13-23-11-12-42-38(15-23)43-31-8-7-26-18-29(44)17-25-6-5-24(40(31)39(25)26)16-27(19-34(30)47)28-20-35(48)41(49)37(21-28)51-2/h4-8,10-12,14-15,17-18,20-21,24,27,30,32,44-46,48-49H,3,9,13,16,19H2,1-2H3,(H,42,43). The van der Waals surface area contributed by atoms with Gasteiger partial charge in [-0.2, -0.15) is 0 Å². The van der Waals surface area contributed by atoms with E-state index in [1.807, 2.05) is 30.3 Å². The van der Waals surface area contributed by atoms with Crippen molar-refractivity contribution in [1.29, 1.82) is 0 Å². The van der Waals surface area contributed by atoms with Crippen molar-refractivity contribution in [3.63, 3.8) is 0 Å². The second-order valence-corrected chi connectivity index (χ2v) is 13.4. The molecule has 2 bridgehead atoms. The highest BCUT2D eigenvalue weighted by atomic mass is 16.5. The Hall–Kier alpha value is -5.74. The number of pyridine rings is 1. The number of phenolic OH excluding ortho intramolecular Hbond substituents is 4. The molecule has 4 unspecified atom stereocenters. The molecule has 0 radical (unpaired) electrons. The van der Waals surface area contributed by atoms with E-state index in [0.29, 0.717) is 30.0 Å². The van der Waals surface area contributed by atoms with E-state index in [4.69, 9.17) is 9.47 Å². The van der Waals surface area contributed by atoms with Crippen molar-refractivity contribution in [3.8, 4) is 34.5 Å². The lowest BCUT2D eigenvalue weighted by atomic mass is 9.75. The smallest absolute Gasteiger partial charge is 0.200 e. The van der Waals surface area contributed by atoms with E-state index in [2.05, 4.69) is 16.4 Å². The van der Waals surface area contributed by atoms with Gasteiger partial charge >= 0.3 is 0 Å². The third-order valence-corrected chi connectivity index (χ3v) is 10.2. The number of aliphatic hydroxyl groups is 1. The first kappa shape index (κ1) is 33.7. The Bertz CT molecular complexity index is 2160. The third kappa shape index (κ3) is 6.74. The number of ether oxygens (including phenoxy) is 2. The summed E-state index contributed by atoms with van der Waals surface area (Å²) in [5.74, 6) is -1.10. The number of aromatic nitrogens is 1. The van der Waals surface area contributed by atoms with Crippen LogP contribution in [0.2, 0.25) is 0 Å². The number of ketones is 1. The molecule has 1 aromatic heterocycles. The zero-order valence-electron chi connectivity index (χ0n) is 28.3. The maximum Gasteiger partial charge on any atom is 0.200 e. The number of fused-ring (bicyclic) bond motifs is 2. The molecule has 0 spiro atoms. The number of allylic oxidation sites excluding steroid dienone is 1. The largest absolute Gasteiger partial charge is 0.508 e. The Morgan fingerprint density at radius 1 is 0.902 bits per heavy atom. The number of hydrogen-bond acceptors (Lipinski definition) is 10.